The quantitative estimate of drug-likeness (QED) is 0.797. The van der Waals surface area contributed by atoms with Gasteiger partial charge in [0.1, 0.15) is 11.5 Å². The predicted molar refractivity (Wildman–Crippen MR) is 109 cm³/mol. The van der Waals surface area contributed by atoms with Crippen molar-refractivity contribution < 1.29 is 9.53 Å². The highest BCUT2D eigenvalue weighted by Crippen LogP contribution is 2.23. The Morgan fingerprint density at radius 2 is 1.86 bits per heavy atom. The maximum Gasteiger partial charge on any atom is 0.270 e. The van der Waals surface area contributed by atoms with Gasteiger partial charge >= 0.3 is 0 Å². The Morgan fingerprint density at radius 1 is 1.04 bits per heavy atom. The maximum atomic E-state index is 12.7. The summed E-state index contributed by atoms with van der Waals surface area (Å²) in [6.45, 7) is 1.30. The van der Waals surface area contributed by atoms with Crippen molar-refractivity contribution in [1.82, 2.24) is 15.3 Å². The summed E-state index contributed by atoms with van der Waals surface area (Å²) >= 11 is 0. The van der Waals surface area contributed by atoms with E-state index in [9.17, 15) is 4.79 Å². The lowest BCUT2D eigenvalue weighted by atomic mass is 9.95. The molecule has 1 amide bonds. The Kier molecular flexibility index (Phi) is 6.17. The van der Waals surface area contributed by atoms with Gasteiger partial charge in [-0.2, -0.15) is 0 Å². The molecule has 0 radical (unpaired) electrons. The minimum atomic E-state index is -0.179. The van der Waals surface area contributed by atoms with Gasteiger partial charge in [0.05, 0.1) is 6.10 Å². The van der Waals surface area contributed by atoms with Crippen LogP contribution < -0.4 is 10.6 Å². The van der Waals surface area contributed by atoms with E-state index >= 15 is 0 Å². The fraction of sp³-hybridized carbons (Fsp3) is 0.500. The topological polar surface area (TPSA) is 76.1 Å². The smallest absolute Gasteiger partial charge is 0.270 e. The van der Waals surface area contributed by atoms with E-state index in [1.165, 1.54) is 19.3 Å². The van der Waals surface area contributed by atoms with Gasteiger partial charge < -0.3 is 15.4 Å². The van der Waals surface area contributed by atoms with Gasteiger partial charge in [-0.15, -0.1) is 0 Å². The molecule has 2 heterocycles. The van der Waals surface area contributed by atoms with Gasteiger partial charge in [-0.3, -0.25) is 4.79 Å². The van der Waals surface area contributed by atoms with Gasteiger partial charge in [-0.25, -0.2) is 9.97 Å². The second kappa shape index (κ2) is 9.15. The molecule has 2 aliphatic rings. The zero-order valence-corrected chi connectivity index (χ0v) is 16.2. The molecule has 0 bridgehead atoms. The molecule has 2 aromatic rings. The van der Waals surface area contributed by atoms with Crippen molar-refractivity contribution in [3.63, 3.8) is 0 Å². The highest BCUT2D eigenvalue weighted by Gasteiger charge is 2.20. The van der Waals surface area contributed by atoms with Crippen molar-refractivity contribution >= 4 is 11.7 Å². The Balaban J connectivity index is 1.54. The summed E-state index contributed by atoms with van der Waals surface area (Å²) in [6, 6.07) is 12.0. The van der Waals surface area contributed by atoms with Crippen LogP contribution in [0.3, 0.4) is 0 Å². The van der Waals surface area contributed by atoms with E-state index < -0.39 is 0 Å². The first kappa shape index (κ1) is 18.9. The van der Waals surface area contributed by atoms with Gasteiger partial charge in [0.15, 0.2) is 5.82 Å². The van der Waals surface area contributed by atoms with Gasteiger partial charge in [-0.05, 0) is 25.7 Å². The lowest BCUT2D eigenvalue weighted by Gasteiger charge is -2.23. The van der Waals surface area contributed by atoms with Crippen molar-refractivity contribution in [1.29, 1.82) is 0 Å². The van der Waals surface area contributed by atoms with Crippen molar-refractivity contribution in [3.05, 3.63) is 42.1 Å². The predicted octanol–water partition coefficient (Wildman–Crippen LogP) is 3.80. The van der Waals surface area contributed by atoms with E-state index in [-0.39, 0.29) is 12.0 Å². The van der Waals surface area contributed by atoms with Crippen LogP contribution in [0, 0.1) is 0 Å². The number of hydrogen-bond donors (Lipinski definition) is 2. The van der Waals surface area contributed by atoms with Gasteiger partial charge in [0.25, 0.3) is 5.91 Å². The molecular weight excluding hydrogens is 352 g/mol. The fourth-order valence-corrected chi connectivity index (χ4v) is 3.91. The number of amides is 1. The highest BCUT2D eigenvalue weighted by atomic mass is 16.5. The molecule has 1 atom stereocenters. The van der Waals surface area contributed by atoms with Crippen molar-refractivity contribution in [2.75, 3.05) is 18.5 Å². The number of nitrogens with one attached hydrogen (secondary N) is 2. The van der Waals surface area contributed by atoms with Crippen LogP contribution in [0.1, 0.15) is 55.4 Å². The molecule has 1 aliphatic heterocycles. The molecule has 1 aromatic carbocycles. The van der Waals surface area contributed by atoms with Crippen LogP contribution in [0.15, 0.2) is 36.4 Å². The second-order valence-electron chi connectivity index (χ2n) is 7.65. The molecule has 28 heavy (non-hydrogen) atoms. The molecule has 6 nitrogen and oxygen atoms in total. The summed E-state index contributed by atoms with van der Waals surface area (Å²) in [6.07, 6.45) is 8.23. The number of nitrogens with zero attached hydrogens (tertiary/aromatic N) is 2. The number of benzene rings is 1. The van der Waals surface area contributed by atoms with Gasteiger partial charge in [-0.1, -0.05) is 49.6 Å². The molecule has 0 spiro atoms. The summed E-state index contributed by atoms with van der Waals surface area (Å²) in [5.41, 5.74) is 1.30. The Hall–Kier alpha value is -2.47. The number of carbonyl (C=O) groups is 1. The molecule has 1 saturated carbocycles. The molecule has 1 aromatic heterocycles. The third-order valence-corrected chi connectivity index (χ3v) is 5.46. The number of anilines is 1. The summed E-state index contributed by atoms with van der Waals surface area (Å²) in [7, 11) is 0. The number of rotatable bonds is 6. The maximum absolute atomic E-state index is 12.7. The van der Waals surface area contributed by atoms with Crippen molar-refractivity contribution in [2.24, 2.45) is 0 Å². The van der Waals surface area contributed by atoms with Crippen molar-refractivity contribution in [2.45, 2.75) is 57.1 Å². The van der Waals surface area contributed by atoms with Crippen LogP contribution in [0.5, 0.6) is 0 Å². The van der Waals surface area contributed by atoms with E-state index in [0.29, 0.717) is 24.1 Å². The van der Waals surface area contributed by atoms with Crippen LogP contribution in [0.4, 0.5) is 5.82 Å². The van der Waals surface area contributed by atoms with E-state index in [4.69, 9.17) is 9.72 Å². The van der Waals surface area contributed by atoms with Crippen LogP contribution in [-0.4, -0.2) is 41.2 Å². The zero-order valence-electron chi connectivity index (χ0n) is 16.2. The zero-order chi connectivity index (χ0) is 19.2. The van der Waals surface area contributed by atoms with E-state index in [0.717, 1.165) is 43.7 Å². The van der Waals surface area contributed by atoms with E-state index in [2.05, 4.69) is 15.6 Å². The summed E-state index contributed by atoms with van der Waals surface area (Å²) < 4.78 is 5.60. The Bertz CT molecular complexity index is 784. The lowest BCUT2D eigenvalue weighted by molar-refractivity contribution is 0.0853. The van der Waals surface area contributed by atoms with Gasteiger partial charge in [0, 0.05) is 30.8 Å². The molecule has 2 N–H and O–H groups in total. The number of ether oxygens (including phenoxy) is 1. The molecule has 1 saturated heterocycles. The molecule has 1 aliphatic carbocycles. The van der Waals surface area contributed by atoms with Crippen molar-refractivity contribution in [3.8, 4) is 11.4 Å². The standard InChI is InChI=1S/C22H28N4O2/c27-22(23-15-18-12-7-13-28-18)19-14-20(24-17-10-5-2-6-11-17)26-21(25-19)16-8-3-1-4-9-16/h1,3-4,8-9,14,17-18H,2,5-7,10-13,15H2,(H,23,27)(H,24,25,26). The molecule has 4 rings (SSSR count). The average Bonchev–Trinajstić information content (AvgIpc) is 3.27. The van der Waals surface area contributed by atoms with Crippen LogP contribution in [0.25, 0.3) is 11.4 Å². The SMILES string of the molecule is O=C(NCC1CCCO1)c1cc(NC2CCCCC2)nc(-c2ccccc2)n1. The third kappa shape index (κ3) is 4.87. The fourth-order valence-electron chi connectivity index (χ4n) is 3.91. The highest BCUT2D eigenvalue weighted by molar-refractivity contribution is 5.93. The van der Waals surface area contributed by atoms with Crippen LogP contribution in [-0.2, 0) is 4.74 Å². The van der Waals surface area contributed by atoms with Gasteiger partial charge in [0.2, 0.25) is 0 Å². The average molecular weight is 380 g/mol. The monoisotopic (exact) mass is 380 g/mol. The molecular formula is C22H28N4O2. The normalized spacial score (nSPS) is 20.1. The molecule has 2 fully saturated rings. The Labute approximate surface area is 166 Å². The summed E-state index contributed by atoms with van der Waals surface area (Å²) in [5, 5.41) is 6.50. The first-order valence-electron chi connectivity index (χ1n) is 10.4. The van der Waals surface area contributed by atoms with Crippen LogP contribution in [0.2, 0.25) is 0 Å². The van der Waals surface area contributed by atoms with Crippen LogP contribution >= 0.6 is 0 Å². The number of hydrogen-bond acceptors (Lipinski definition) is 5. The van der Waals surface area contributed by atoms with E-state index in [1.807, 2.05) is 30.3 Å². The number of carbonyl (C=O) groups excluding carboxylic acids is 1. The number of aromatic nitrogens is 2. The molecule has 6 heteroatoms. The first-order valence-corrected chi connectivity index (χ1v) is 10.4. The second-order valence-corrected chi connectivity index (χ2v) is 7.65. The first-order chi connectivity index (χ1) is 13.8. The minimum absolute atomic E-state index is 0.110. The largest absolute Gasteiger partial charge is 0.376 e. The molecule has 1 unspecified atom stereocenters. The Morgan fingerprint density at radius 3 is 2.61 bits per heavy atom. The molecule has 148 valence electrons. The summed E-state index contributed by atoms with van der Waals surface area (Å²) in [4.78, 5) is 22.0. The summed E-state index contributed by atoms with van der Waals surface area (Å²) in [5.74, 6) is 1.12. The minimum Gasteiger partial charge on any atom is -0.376 e. The third-order valence-electron chi connectivity index (χ3n) is 5.46. The lowest BCUT2D eigenvalue weighted by Crippen LogP contribution is -2.32. The van der Waals surface area contributed by atoms with E-state index in [1.54, 1.807) is 6.07 Å².